The van der Waals surface area contributed by atoms with Gasteiger partial charge in [-0.15, -0.1) is 0 Å². The topological polar surface area (TPSA) is 57.6 Å². The standard InChI is InChI=1S/C14H19Cl2NO3S/c1-8(2)14(18)6-17(7-14)21(19,20)13-10(4)11(15)5-9(3)12(13)16/h5,8,18H,6-7H2,1-4H3. The van der Waals surface area contributed by atoms with Crippen molar-refractivity contribution >= 4 is 33.2 Å². The number of aryl methyl sites for hydroxylation is 1. The fourth-order valence-electron chi connectivity index (χ4n) is 2.35. The van der Waals surface area contributed by atoms with Crippen LogP contribution in [0.3, 0.4) is 0 Å². The number of hydrogen-bond donors (Lipinski definition) is 1. The molecule has 0 bridgehead atoms. The molecule has 0 aromatic heterocycles. The third-order valence-electron chi connectivity index (χ3n) is 4.16. The molecule has 21 heavy (non-hydrogen) atoms. The predicted octanol–water partition coefficient (Wildman–Crippen LogP) is 3.00. The zero-order valence-electron chi connectivity index (χ0n) is 12.4. The van der Waals surface area contributed by atoms with Crippen LogP contribution in [0, 0.1) is 19.8 Å². The molecule has 2 rings (SSSR count). The first-order valence-corrected chi connectivity index (χ1v) is 8.88. The summed E-state index contributed by atoms with van der Waals surface area (Å²) in [5.74, 6) is -0.0124. The van der Waals surface area contributed by atoms with Crippen LogP contribution in [0.4, 0.5) is 0 Å². The Morgan fingerprint density at radius 3 is 2.29 bits per heavy atom. The van der Waals surface area contributed by atoms with Gasteiger partial charge in [-0.25, -0.2) is 8.42 Å². The average molecular weight is 352 g/mol. The summed E-state index contributed by atoms with van der Waals surface area (Å²) in [4.78, 5) is 0.0416. The molecule has 0 amide bonds. The Labute approximate surface area is 135 Å². The van der Waals surface area contributed by atoms with E-state index in [1.54, 1.807) is 19.9 Å². The monoisotopic (exact) mass is 351 g/mol. The summed E-state index contributed by atoms with van der Waals surface area (Å²) in [6, 6.07) is 1.65. The fourth-order valence-corrected chi connectivity index (χ4v) is 5.08. The SMILES string of the molecule is Cc1cc(Cl)c(C)c(S(=O)(=O)N2CC(O)(C(C)C)C2)c1Cl. The van der Waals surface area contributed by atoms with E-state index in [1.807, 2.05) is 13.8 Å². The van der Waals surface area contributed by atoms with Crippen LogP contribution in [-0.2, 0) is 10.0 Å². The van der Waals surface area contributed by atoms with Crippen LogP contribution >= 0.6 is 23.2 Å². The van der Waals surface area contributed by atoms with Gasteiger partial charge in [-0.05, 0) is 37.0 Å². The highest BCUT2D eigenvalue weighted by molar-refractivity contribution is 7.89. The smallest absolute Gasteiger partial charge is 0.245 e. The van der Waals surface area contributed by atoms with Crippen molar-refractivity contribution in [2.75, 3.05) is 13.1 Å². The molecule has 7 heteroatoms. The number of aliphatic hydroxyl groups is 1. The average Bonchev–Trinajstić information content (AvgIpc) is 2.32. The van der Waals surface area contributed by atoms with Gasteiger partial charge in [0.2, 0.25) is 10.0 Å². The molecule has 1 aromatic rings. The van der Waals surface area contributed by atoms with Gasteiger partial charge in [0.1, 0.15) is 4.90 Å². The van der Waals surface area contributed by atoms with Crippen molar-refractivity contribution in [2.24, 2.45) is 5.92 Å². The molecule has 118 valence electrons. The minimum absolute atomic E-state index is 0.0124. The zero-order chi connectivity index (χ0) is 16.2. The maximum Gasteiger partial charge on any atom is 0.245 e. The molecular formula is C14H19Cl2NO3S. The van der Waals surface area contributed by atoms with Gasteiger partial charge in [0.15, 0.2) is 0 Å². The summed E-state index contributed by atoms with van der Waals surface area (Å²) in [5.41, 5.74) is 0.0823. The van der Waals surface area contributed by atoms with Gasteiger partial charge >= 0.3 is 0 Å². The summed E-state index contributed by atoms with van der Waals surface area (Å²) >= 11 is 12.3. The number of nitrogens with zero attached hydrogens (tertiary/aromatic N) is 1. The molecule has 1 aromatic carbocycles. The highest BCUT2D eigenvalue weighted by Gasteiger charge is 2.49. The van der Waals surface area contributed by atoms with Gasteiger partial charge in [0.25, 0.3) is 0 Å². The molecule has 1 aliphatic heterocycles. The third-order valence-corrected chi connectivity index (χ3v) is 7.12. The first-order valence-electron chi connectivity index (χ1n) is 6.68. The Balaban J connectivity index is 2.44. The molecule has 1 fully saturated rings. The van der Waals surface area contributed by atoms with Crippen molar-refractivity contribution in [3.8, 4) is 0 Å². The molecule has 1 aliphatic rings. The summed E-state index contributed by atoms with van der Waals surface area (Å²) < 4.78 is 26.7. The van der Waals surface area contributed by atoms with Crippen molar-refractivity contribution in [2.45, 2.75) is 38.2 Å². The molecule has 0 radical (unpaired) electrons. The second-order valence-electron chi connectivity index (χ2n) is 5.97. The Kier molecular flexibility index (Phi) is 4.37. The predicted molar refractivity (Wildman–Crippen MR) is 84.5 cm³/mol. The third kappa shape index (κ3) is 2.70. The first kappa shape index (κ1) is 17.0. The van der Waals surface area contributed by atoms with Crippen molar-refractivity contribution in [3.05, 3.63) is 27.2 Å². The highest BCUT2D eigenvalue weighted by Crippen LogP contribution is 2.39. The minimum atomic E-state index is -3.76. The summed E-state index contributed by atoms with van der Waals surface area (Å²) in [5, 5.41) is 10.8. The number of halogens is 2. The molecule has 0 unspecified atom stereocenters. The fraction of sp³-hybridized carbons (Fsp3) is 0.571. The summed E-state index contributed by atoms with van der Waals surface area (Å²) in [6.07, 6.45) is 0. The Hall–Kier alpha value is -0.330. The second kappa shape index (κ2) is 5.39. The van der Waals surface area contributed by atoms with Crippen molar-refractivity contribution < 1.29 is 13.5 Å². The molecular weight excluding hydrogens is 333 g/mol. The van der Waals surface area contributed by atoms with Gasteiger partial charge in [-0.2, -0.15) is 4.31 Å². The number of sulfonamides is 1. The number of benzene rings is 1. The number of rotatable bonds is 3. The molecule has 1 saturated heterocycles. The quantitative estimate of drug-likeness (QED) is 0.910. The lowest BCUT2D eigenvalue weighted by Crippen LogP contribution is -2.65. The van der Waals surface area contributed by atoms with Crippen LogP contribution in [0.25, 0.3) is 0 Å². The first-order chi connectivity index (χ1) is 9.50. The van der Waals surface area contributed by atoms with Crippen LogP contribution in [0.5, 0.6) is 0 Å². The van der Waals surface area contributed by atoms with Gasteiger partial charge in [-0.3, -0.25) is 0 Å². The second-order valence-corrected chi connectivity index (χ2v) is 8.63. The van der Waals surface area contributed by atoms with E-state index < -0.39 is 15.6 Å². The van der Waals surface area contributed by atoms with Gasteiger partial charge < -0.3 is 5.11 Å². The van der Waals surface area contributed by atoms with Crippen molar-refractivity contribution in [3.63, 3.8) is 0 Å². The van der Waals surface area contributed by atoms with Crippen LogP contribution in [-0.4, -0.2) is 36.5 Å². The van der Waals surface area contributed by atoms with Crippen LogP contribution < -0.4 is 0 Å². The molecule has 0 spiro atoms. The molecule has 1 heterocycles. The van der Waals surface area contributed by atoms with Crippen LogP contribution in [0.2, 0.25) is 10.0 Å². The normalized spacial score (nSPS) is 18.9. The van der Waals surface area contributed by atoms with Gasteiger partial charge in [0.05, 0.1) is 10.6 Å². The van der Waals surface area contributed by atoms with Crippen molar-refractivity contribution in [1.82, 2.24) is 4.31 Å². The Morgan fingerprint density at radius 1 is 1.29 bits per heavy atom. The molecule has 1 N–H and O–H groups in total. The van der Waals surface area contributed by atoms with E-state index in [-0.39, 0.29) is 28.9 Å². The van der Waals surface area contributed by atoms with Crippen LogP contribution in [0.1, 0.15) is 25.0 Å². The van der Waals surface area contributed by atoms with E-state index in [0.717, 1.165) is 0 Å². The zero-order valence-corrected chi connectivity index (χ0v) is 14.8. The maximum atomic E-state index is 12.7. The van der Waals surface area contributed by atoms with E-state index in [2.05, 4.69) is 0 Å². The molecule has 0 aliphatic carbocycles. The van der Waals surface area contributed by atoms with Crippen molar-refractivity contribution in [1.29, 1.82) is 0 Å². The molecule has 4 nitrogen and oxygen atoms in total. The van der Waals surface area contributed by atoms with Crippen LogP contribution in [0.15, 0.2) is 11.0 Å². The summed E-state index contributed by atoms with van der Waals surface area (Å²) in [7, 11) is -3.76. The number of β-amino-alcohol motifs (C(OH)–C–C–N with tert-alkyl or cyclic N) is 1. The minimum Gasteiger partial charge on any atom is -0.387 e. The number of hydrogen-bond acceptors (Lipinski definition) is 3. The molecule has 0 atom stereocenters. The largest absolute Gasteiger partial charge is 0.387 e. The Bertz CT molecular complexity index is 654. The van der Waals surface area contributed by atoms with E-state index in [1.165, 1.54) is 4.31 Å². The maximum absolute atomic E-state index is 12.7. The highest BCUT2D eigenvalue weighted by atomic mass is 35.5. The van der Waals surface area contributed by atoms with Gasteiger partial charge in [0, 0.05) is 18.1 Å². The lowest BCUT2D eigenvalue weighted by atomic mass is 9.85. The molecule has 0 saturated carbocycles. The van der Waals surface area contributed by atoms with Gasteiger partial charge in [-0.1, -0.05) is 37.0 Å². The van der Waals surface area contributed by atoms with E-state index in [9.17, 15) is 13.5 Å². The lowest BCUT2D eigenvalue weighted by molar-refractivity contribution is -0.0932. The van der Waals surface area contributed by atoms with E-state index in [0.29, 0.717) is 16.1 Å². The van der Waals surface area contributed by atoms with E-state index >= 15 is 0 Å². The summed E-state index contributed by atoms with van der Waals surface area (Å²) in [6.45, 7) is 7.24. The lowest BCUT2D eigenvalue weighted by Gasteiger charge is -2.48. The van der Waals surface area contributed by atoms with E-state index in [4.69, 9.17) is 23.2 Å². The Morgan fingerprint density at radius 2 is 1.81 bits per heavy atom.